The van der Waals surface area contributed by atoms with Crippen LogP contribution in [0.5, 0.6) is 0 Å². The van der Waals surface area contributed by atoms with Gasteiger partial charge in [0.1, 0.15) is 0 Å². The fraction of sp³-hybridized carbons (Fsp3) is 1.00. The van der Waals surface area contributed by atoms with Gasteiger partial charge < -0.3 is 15.3 Å². The average molecular weight is 337 g/mol. The normalized spacial score (nSPS) is 35.9. The van der Waals surface area contributed by atoms with Gasteiger partial charge in [0.05, 0.1) is 11.5 Å². The fourth-order valence-electron chi connectivity index (χ4n) is 3.59. The van der Waals surface area contributed by atoms with Crippen molar-refractivity contribution in [2.24, 2.45) is 11.8 Å². The van der Waals surface area contributed by atoms with E-state index in [1.165, 1.54) is 19.3 Å². The van der Waals surface area contributed by atoms with Crippen molar-refractivity contribution in [2.45, 2.75) is 55.4 Å². The molecule has 1 saturated heterocycles. The third kappa shape index (κ3) is 5.87. The van der Waals surface area contributed by atoms with E-state index in [9.17, 15) is 5.11 Å². The first-order chi connectivity index (χ1) is 10.1. The molecule has 2 aliphatic rings. The molecule has 0 aromatic rings. The van der Waals surface area contributed by atoms with Crippen molar-refractivity contribution in [1.82, 2.24) is 10.2 Å². The first-order valence-electron chi connectivity index (χ1n) is 8.41. The van der Waals surface area contributed by atoms with Gasteiger partial charge in [-0.1, -0.05) is 0 Å². The standard InChI is InChI=1S/C16H30Cl2N2O/c1-20(11-16(21)13-3-2-7-19-10-13)8-6-12-4-5-14(17)15(18)9-12/h12-16,19,21H,2-11H2,1H3. The van der Waals surface area contributed by atoms with E-state index in [2.05, 4.69) is 17.3 Å². The van der Waals surface area contributed by atoms with Crippen LogP contribution >= 0.6 is 23.2 Å². The third-order valence-electron chi connectivity index (χ3n) is 5.10. The summed E-state index contributed by atoms with van der Waals surface area (Å²) in [6.07, 6.45) is 6.57. The number of piperidine rings is 1. The Morgan fingerprint density at radius 2 is 2.05 bits per heavy atom. The molecule has 1 aliphatic heterocycles. The van der Waals surface area contributed by atoms with Crippen LogP contribution in [0.15, 0.2) is 0 Å². The molecule has 2 N–H and O–H groups in total. The van der Waals surface area contributed by atoms with E-state index in [-0.39, 0.29) is 16.9 Å². The largest absolute Gasteiger partial charge is 0.391 e. The maximum atomic E-state index is 10.3. The van der Waals surface area contributed by atoms with Crippen molar-refractivity contribution < 1.29 is 5.11 Å². The number of halogens is 2. The fourth-order valence-corrected chi connectivity index (χ4v) is 4.20. The van der Waals surface area contributed by atoms with E-state index in [0.29, 0.717) is 11.8 Å². The highest BCUT2D eigenvalue weighted by molar-refractivity contribution is 6.30. The Hall–Kier alpha value is 0.460. The van der Waals surface area contributed by atoms with Crippen molar-refractivity contribution in [3.63, 3.8) is 0 Å². The number of hydrogen-bond donors (Lipinski definition) is 2. The summed E-state index contributed by atoms with van der Waals surface area (Å²) >= 11 is 12.4. The van der Waals surface area contributed by atoms with E-state index in [4.69, 9.17) is 23.2 Å². The van der Waals surface area contributed by atoms with E-state index in [0.717, 1.165) is 45.4 Å². The Balaban J connectivity index is 1.63. The molecular weight excluding hydrogens is 307 g/mol. The molecule has 0 spiro atoms. The number of hydrogen-bond acceptors (Lipinski definition) is 3. The van der Waals surface area contributed by atoms with Gasteiger partial charge in [-0.25, -0.2) is 0 Å². The lowest BCUT2D eigenvalue weighted by Gasteiger charge is -2.32. The zero-order valence-electron chi connectivity index (χ0n) is 13.1. The lowest BCUT2D eigenvalue weighted by molar-refractivity contribution is 0.0588. The smallest absolute Gasteiger partial charge is 0.0707 e. The van der Waals surface area contributed by atoms with E-state index in [1.807, 2.05) is 0 Å². The second-order valence-corrected chi connectivity index (χ2v) is 8.06. The number of nitrogens with one attached hydrogen (secondary N) is 1. The minimum absolute atomic E-state index is 0.134. The Morgan fingerprint density at radius 3 is 2.71 bits per heavy atom. The van der Waals surface area contributed by atoms with Crippen LogP contribution in [0, 0.1) is 11.8 Å². The van der Waals surface area contributed by atoms with E-state index in [1.54, 1.807) is 0 Å². The molecule has 5 atom stereocenters. The highest BCUT2D eigenvalue weighted by Crippen LogP contribution is 2.33. The molecule has 0 bridgehead atoms. The summed E-state index contributed by atoms with van der Waals surface area (Å²) in [5.74, 6) is 1.11. The van der Waals surface area contributed by atoms with Gasteiger partial charge in [-0.2, -0.15) is 0 Å². The molecule has 0 aromatic heterocycles. The number of nitrogens with zero attached hydrogens (tertiary/aromatic N) is 1. The second-order valence-electron chi connectivity index (χ2n) is 6.94. The minimum Gasteiger partial charge on any atom is -0.391 e. The van der Waals surface area contributed by atoms with Crippen LogP contribution in [0.25, 0.3) is 0 Å². The Morgan fingerprint density at radius 1 is 1.24 bits per heavy atom. The monoisotopic (exact) mass is 336 g/mol. The lowest BCUT2D eigenvalue weighted by Crippen LogP contribution is -2.42. The van der Waals surface area contributed by atoms with Crippen molar-refractivity contribution >= 4 is 23.2 Å². The topological polar surface area (TPSA) is 35.5 Å². The molecule has 124 valence electrons. The summed E-state index contributed by atoms with van der Waals surface area (Å²) in [4.78, 5) is 2.27. The van der Waals surface area contributed by atoms with Crippen LogP contribution in [0.3, 0.4) is 0 Å². The number of aliphatic hydroxyl groups excluding tert-OH is 1. The number of aliphatic hydroxyl groups is 1. The zero-order chi connectivity index (χ0) is 15.2. The van der Waals surface area contributed by atoms with Crippen LogP contribution in [0.4, 0.5) is 0 Å². The van der Waals surface area contributed by atoms with Crippen LogP contribution in [0.2, 0.25) is 0 Å². The predicted octanol–water partition coefficient (Wildman–Crippen LogP) is 2.68. The van der Waals surface area contributed by atoms with Gasteiger partial charge in [-0.3, -0.25) is 0 Å². The molecular formula is C16H30Cl2N2O. The summed E-state index contributed by atoms with van der Waals surface area (Å²) in [5.41, 5.74) is 0. The van der Waals surface area contributed by atoms with Crippen LogP contribution in [0.1, 0.15) is 38.5 Å². The highest BCUT2D eigenvalue weighted by Gasteiger charge is 2.28. The molecule has 1 saturated carbocycles. The molecule has 0 radical (unpaired) electrons. The molecule has 1 aliphatic carbocycles. The van der Waals surface area contributed by atoms with Gasteiger partial charge in [0, 0.05) is 18.5 Å². The summed E-state index contributed by atoms with van der Waals surface area (Å²) < 4.78 is 0. The zero-order valence-corrected chi connectivity index (χ0v) is 14.6. The van der Waals surface area contributed by atoms with Crippen molar-refractivity contribution in [3.05, 3.63) is 0 Å². The number of alkyl halides is 2. The number of rotatable bonds is 6. The first-order valence-corrected chi connectivity index (χ1v) is 9.29. The van der Waals surface area contributed by atoms with Gasteiger partial charge in [0.15, 0.2) is 0 Å². The van der Waals surface area contributed by atoms with Gasteiger partial charge >= 0.3 is 0 Å². The molecule has 2 fully saturated rings. The van der Waals surface area contributed by atoms with Crippen molar-refractivity contribution in [1.29, 1.82) is 0 Å². The maximum Gasteiger partial charge on any atom is 0.0707 e. The van der Waals surface area contributed by atoms with Gasteiger partial charge in [-0.05, 0) is 70.5 Å². The van der Waals surface area contributed by atoms with Crippen LogP contribution in [-0.4, -0.2) is 60.1 Å². The van der Waals surface area contributed by atoms with Gasteiger partial charge in [0.25, 0.3) is 0 Å². The third-order valence-corrected chi connectivity index (χ3v) is 6.23. The molecule has 2 rings (SSSR count). The van der Waals surface area contributed by atoms with Gasteiger partial charge in [0.2, 0.25) is 0 Å². The minimum atomic E-state index is -0.206. The summed E-state index contributed by atoms with van der Waals surface area (Å²) in [6, 6.07) is 0. The lowest BCUT2D eigenvalue weighted by atomic mass is 9.86. The van der Waals surface area contributed by atoms with Gasteiger partial charge in [-0.15, -0.1) is 23.2 Å². The van der Waals surface area contributed by atoms with Crippen LogP contribution in [-0.2, 0) is 0 Å². The first kappa shape index (κ1) is 17.8. The Labute approximate surface area is 139 Å². The summed E-state index contributed by atoms with van der Waals surface area (Å²) in [7, 11) is 2.12. The molecule has 0 amide bonds. The van der Waals surface area contributed by atoms with Crippen LogP contribution < -0.4 is 5.32 Å². The Kier molecular flexibility index (Phi) is 7.57. The second kappa shape index (κ2) is 8.93. The maximum absolute atomic E-state index is 10.3. The van der Waals surface area contributed by atoms with E-state index < -0.39 is 0 Å². The SMILES string of the molecule is CN(CCC1CCC(Cl)C(Cl)C1)CC(O)C1CCCNC1. The molecule has 1 heterocycles. The molecule has 3 nitrogen and oxygen atoms in total. The average Bonchev–Trinajstić information content (AvgIpc) is 2.49. The Bertz CT molecular complexity index is 300. The molecule has 5 unspecified atom stereocenters. The molecule has 5 heteroatoms. The quantitative estimate of drug-likeness (QED) is 0.732. The van der Waals surface area contributed by atoms with Crippen molar-refractivity contribution in [2.75, 3.05) is 33.2 Å². The van der Waals surface area contributed by atoms with E-state index >= 15 is 0 Å². The summed E-state index contributed by atoms with van der Waals surface area (Å²) in [6.45, 7) is 3.88. The highest BCUT2D eigenvalue weighted by atomic mass is 35.5. The van der Waals surface area contributed by atoms with Crippen molar-refractivity contribution in [3.8, 4) is 0 Å². The predicted molar refractivity (Wildman–Crippen MR) is 90.3 cm³/mol. The summed E-state index contributed by atoms with van der Waals surface area (Å²) in [5, 5.41) is 14.0. The number of likely N-dealkylation sites (N-methyl/N-ethyl adjacent to an activating group) is 1. The molecule has 0 aromatic carbocycles. The molecule has 21 heavy (non-hydrogen) atoms.